The first-order valence-electron chi connectivity index (χ1n) is 8.39. The summed E-state index contributed by atoms with van der Waals surface area (Å²) >= 11 is 5.88. The van der Waals surface area contributed by atoms with Crippen molar-refractivity contribution in [2.24, 2.45) is 0 Å². The second kappa shape index (κ2) is 7.39. The molecule has 0 fully saturated rings. The van der Waals surface area contributed by atoms with Gasteiger partial charge in [0, 0.05) is 32.0 Å². The molecule has 1 aliphatic heterocycles. The van der Waals surface area contributed by atoms with Gasteiger partial charge in [-0.15, -0.1) is 0 Å². The topological polar surface area (TPSA) is 58.9 Å². The number of benzene rings is 1. The highest BCUT2D eigenvalue weighted by Gasteiger charge is 2.18. The van der Waals surface area contributed by atoms with Crippen molar-refractivity contribution in [3.8, 4) is 0 Å². The number of hydrogen-bond donors (Lipinski definition) is 1. The molecule has 0 saturated carbocycles. The standard InChI is InChI=1S/C18H18ClFN6/c19-16-7-13(1-2-17(16)20)11-25-5-6-26-15(12-25)8-14(24-26)9-23-18-10-21-3-4-22-18/h1-4,7-8,10H,5-6,9,11-12H2,(H,22,23). The number of anilines is 1. The zero-order chi connectivity index (χ0) is 17.9. The summed E-state index contributed by atoms with van der Waals surface area (Å²) in [6, 6.07) is 7.00. The molecule has 8 heteroatoms. The van der Waals surface area contributed by atoms with E-state index in [9.17, 15) is 4.39 Å². The molecule has 26 heavy (non-hydrogen) atoms. The maximum Gasteiger partial charge on any atom is 0.144 e. The van der Waals surface area contributed by atoms with Gasteiger partial charge in [0.2, 0.25) is 0 Å². The number of nitrogens with zero attached hydrogens (tertiary/aromatic N) is 5. The van der Waals surface area contributed by atoms with Gasteiger partial charge in [-0.05, 0) is 23.8 Å². The van der Waals surface area contributed by atoms with Gasteiger partial charge in [0.15, 0.2) is 0 Å². The number of aromatic nitrogens is 4. The summed E-state index contributed by atoms with van der Waals surface area (Å²) in [6.07, 6.45) is 4.98. The summed E-state index contributed by atoms with van der Waals surface area (Å²) in [6.45, 7) is 3.86. The van der Waals surface area contributed by atoms with Crippen LogP contribution in [0.2, 0.25) is 5.02 Å². The minimum atomic E-state index is -0.382. The van der Waals surface area contributed by atoms with Crippen molar-refractivity contribution in [2.45, 2.75) is 26.2 Å². The van der Waals surface area contributed by atoms with Crippen molar-refractivity contribution in [3.63, 3.8) is 0 Å². The van der Waals surface area contributed by atoms with Crippen LogP contribution in [0.25, 0.3) is 0 Å². The molecule has 134 valence electrons. The predicted octanol–water partition coefficient (Wildman–Crippen LogP) is 3.09. The summed E-state index contributed by atoms with van der Waals surface area (Å²) in [5.74, 6) is 0.348. The maximum absolute atomic E-state index is 13.3. The Morgan fingerprint density at radius 2 is 2.12 bits per heavy atom. The van der Waals surface area contributed by atoms with Crippen LogP contribution >= 0.6 is 11.6 Å². The fourth-order valence-corrected chi connectivity index (χ4v) is 3.27. The number of nitrogens with one attached hydrogen (secondary N) is 1. The quantitative estimate of drug-likeness (QED) is 0.745. The molecule has 3 heterocycles. The van der Waals surface area contributed by atoms with Crippen LogP contribution < -0.4 is 5.32 Å². The zero-order valence-corrected chi connectivity index (χ0v) is 14.8. The highest BCUT2D eigenvalue weighted by Crippen LogP contribution is 2.20. The lowest BCUT2D eigenvalue weighted by atomic mass is 10.2. The average molecular weight is 373 g/mol. The zero-order valence-electron chi connectivity index (χ0n) is 14.1. The average Bonchev–Trinajstić information content (AvgIpc) is 3.06. The van der Waals surface area contributed by atoms with Crippen LogP contribution in [-0.2, 0) is 26.2 Å². The van der Waals surface area contributed by atoms with Gasteiger partial charge < -0.3 is 5.32 Å². The van der Waals surface area contributed by atoms with Crippen molar-refractivity contribution in [3.05, 3.63) is 70.6 Å². The molecule has 0 aliphatic carbocycles. The first-order chi connectivity index (χ1) is 12.7. The Hall–Kier alpha value is -2.51. The second-order valence-corrected chi connectivity index (χ2v) is 6.66. The van der Waals surface area contributed by atoms with Crippen molar-refractivity contribution in [2.75, 3.05) is 11.9 Å². The Balaban J connectivity index is 1.39. The Morgan fingerprint density at radius 3 is 2.92 bits per heavy atom. The minimum absolute atomic E-state index is 0.168. The largest absolute Gasteiger partial charge is 0.363 e. The molecule has 4 rings (SSSR count). The summed E-state index contributed by atoms with van der Waals surface area (Å²) in [4.78, 5) is 10.5. The molecule has 0 spiro atoms. The SMILES string of the molecule is Fc1ccc(CN2CCn3nc(CNc4cnccn4)cc3C2)cc1Cl. The third-order valence-electron chi connectivity index (χ3n) is 4.33. The molecule has 0 radical (unpaired) electrons. The van der Waals surface area contributed by atoms with Crippen LogP contribution in [0.5, 0.6) is 0 Å². The van der Waals surface area contributed by atoms with Gasteiger partial charge in [-0.1, -0.05) is 17.7 Å². The van der Waals surface area contributed by atoms with E-state index < -0.39 is 0 Å². The predicted molar refractivity (Wildman–Crippen MR) is 97.1 cm³/mol. The second-order valence-electron chi connectivity index (χ2n) is 6.25. The van der Waals surface area contributed by atoms with Crippen LogP contribution in [0.1, 0.15) is 17.0 Å². The summed E-state index contributed by atoms with van der Waals surface area (Å²) in [5.41, 5.74) is 3.15. The lowest BCUT2D eigenvalue weighted by Crippen LogP contribution is -2.33. The molecule has 0 atom stereocenters. The van der Waals surface area contributed by atoms with Crippen molar-refractivity contribution < 1.29 is 4.39 Å². The molecule has 3 aromatic rings. The molecule has 0 saturated heterocycles. The molecule has 0 bridgehead atoms. The normalized spacial score (nSPS) is 14.2. The Morgan fingerprint density at radius 1 is 1.19 bits per heavy atom. The van der Waals surface area contributed by atoms with Gasteiger partial charge in [0.25, 0.3) is 0 Å². The van der Waals surface area contributed by atoms with E-state index in [-0.39, 0.29) is 10.8 Å². The molecular weight excluding hydrogens is 355 g/mol. The molecule has 6 nitrogen and oxygen atoms in total. The van der Waals surface area contributed by atoms with Gasteiger partial charge in [-0.2, -0.15) is 5.10 Å². The van der Waals surface area contributed by atoms with E-state index in [1.165, 1.54) is 11.8 Å². The third-order valence-corrected chi connectivity index (χ3v) is 4.62. The minimum Gasteiger partial charge on any atom is -0.363 e. The van der Waals surface area contributed by atoms with Crippen molar-refractivity contribution in [1.82, 2.24) is 24.6 Å². The van der Waals surface area contributed by atoms with Crippen LogP contribution in [0.4, 0.5) is 10.2 Å². The van der Waals surface area contributed by atoms with E-state index >= 15 is 0 Å². The number of fused-ring (bicyclic) bond motifs is 1. The maximum atomic E-state index is 13.3. The van der Waals surface area contributed by atoms with Gasteiger partial charge in [-0.25, -0.2) is 9.37 Å². The summed E-state index contributed by atoms with van der Waals surface area (Å²) < 4.78 is 15.3. The highest BCUT2D eigenvalue weighted by atomic mass is 35.5. The van der Waals surface area contributed by atoms with Crippen molar-refractivity contribution in [1.29, 1.82) is 0 Å². The summed E-state index contributed by atoms with van der Waals surface area (Å²) in [5, 5.41) is 8.03. The van der Waals surface area contributed by atoms with Crippen LogP contribution in [0, 0.1) is 5.82 Å². The van der Waals surface area contributed by atoms with Crippen LogP contribution in [0.3, 0.4) is 0 Å². The highest BCUT2D eigenvalue weighted by molar-refractivity contribution is 6.30. The number of hydrogen-bond acceptors (Lipinski definition) is 5. The third kappa shape index (κ3) is 3.84. The van der Waals surface area contributed by atoms with Gasteiger partial charge >= 0.3 is 0 Å². The molecule has 2 aromatic heterocycles. The monoisotopic (exact) mass is 372 g/mol. The van der Waals surface area contributed by atoms with E-state index in [0.29, 0.717) is 6.54 Å². The lowest BCUT2D eigenvalue weighted by molar-refractivity contribution is 0.205. The molecular formula is C18H18ClFN6. The van der Waals surface area contributed by atoms with Gasteiger partial charge in [-0.3, -0.25) is 14.6 Å². The molecule has 1 aromatic carbocycles. The van der Waals surface area contributed by atoms with Crippen LogP contribution in [0.15, 0.2) is 42.9 Å². The fraction of sp³-hybridized carbons (Fsp3) is 0.278. The van der Waals surface area contributed by atoms with Gasteiger partial charge in [0.05, 0.1) is 35.7 Å². The van der Waals surface area contributed by atoms with Gasteiger partial charge in [0.1, 0.15) is 11.6 Å². The first kappa shape index (κ1) is 16.9. The van der Waals surface area contributed by atoms with Crippen LogP contribution in [-0.4, -0.2) is 31.2 Å². The smallest absolute Gasteiger partial charge is 0.144 e. The lowest BCUT2D eigenvalue weighted by Gasteiger charge is -2.27. The molecule has 1 aliphatic rings. The molecule has 0 amide bonds. The van der Waals surface area contributed by atoms with E-state index in [1.54, 1.807) is 30.7 Å². The Labute approximate surface area is 155 Å². The van der Waals surface area contributed by atoms with E-state index in [0.717, 1.165) is 43.3 Å². The Bertz CT molecular complexity index is 898. The molecule has 0 unspecified atom stereocenters. The van der Waals surface area contributed by atoms with E-state index in [2.05, 4.69) is 31.3 Å². The van der Waals surface area contributed by atoms with Crippen molar-refractivity contribution >= 4 is 17.4 Å². The first-order valence-corrected chi connectivity index (χ1v) is 8.77. The van der Waals surface area contributed by atoms with E-state index in [1.807, 2.05) is 4.68 Å². The summed E-state index contributed by atoms with van der Waals surface area (Å²) in [7, 11) is 0. The Kier molecular flexibility index (Phi) is 4.81. The molecule has 1 N–H and O–H groups in total. The number of halogens is 2. The number of rotatable bonds is 5. The van der Waals surface area contributed by atoms with E-state index in [4.69, 9.17) is 11.6 Å². The fourth-order valence-electron chi connectivity index (χ4n) is 3.07.